The molecule has 5 nitrogen and oxygen atoms in total. The van der Waals surface area contributed by atoms with Gasteiger partial charge in [0.15, 0.2) is 11.5 Å². The molecule has 0 amide bonds. The number of nitrogens with one attached hydrogen (secondary N) is 1. The predicted molar refractivity (Wildman–Crippen MR) is 77.8 cm³/mol. The van der Waals surface area contributed by atoms with Crippen LogP contribution in [0.3, 0.4) is 0 Å². The third kappa shape index (κ3) is 3.42. The van der Waals surface area contributed by atoms with Crippen molar-refractivity contribution in [3.8, 4) is 11.5 Å². The van der Waals surface area contributed by atoms with Crippen molar-refractivity contribution in [2.45, 2.75) is 38.8 Å². The summed E-state index contributed by atoms with van der Waals surface area (Å²) >= 11 is 0. The molecule has 0 aromatic heterocycles. The Labute approximate surface area is 120 Å². The third-order valence-corrected chi connectivity index (χ3v) is 3.47. The minimum Gasteiger partial charge on any atom is -0.490 e. The van der Waals surface area contributed by atoms with E-state index in [1.54, 1.807) is 0 Å². The molecule has 20 heavy (non-hydrogen) atoms. The number of hydrogen-bond acceptors (Lipinski definition) is 5. The zero-order valence-electron chi connectivity index (χ0n) is 12.2. The van der Waals surface area contributed by atoms with E-state index in [0.29, 0.717) is 19.8 Å². The summed E-state index contributed by atoms with van der Waals surface area (Å²) in [5, 5.41) is 0. The molecule has 0 aliphatic carbocycles. The summed E-state index contributed by atoms with van der Waals surface area (Å²) in [5.74, 6) is 7.30. The molecule has 0 bridgehead atoms. The van der Waals surface area contributed by atoms with E-state index in [9.17, 15) is 0 Å². The van der Waals surface area contributed by atoms with Crippen LogP contribution in [0.25, 0.3) is 0 Å². The molecular weight excluding hydrogens is 256 g/mol. The van der Waals surface area contributed by atoms with E-state index in [1.807, 2.05) is 25.1 Å². The van der Waals surface area contributed by atoms with Gasteiger partial charge in [-0.05, 0) is 31.0 Å². The normalized spacial score (nSPS) is 17.4. The van der Waals surface area contributed by atoms with Crippen molar-refractivity contribution in [3.05, 3.63) is 23.8 Å². The Balaban J connectivity index is 2.23. The smallest absolute Gasteiger partial charge is 0.161 e. The van der Waals surface area contributed by atoms with Gasteiger partial charge in [-0.1, -0.05) is 13.0 Å². The van der Waals surface area contributed by atoms with E-state index >= 15 is 0 Å². The number of rotatable bonds is 6. The number of hydrogen-bond donors (Lipinski definition) is 2. The fraction of sp³-hybridized carbons (Fsp3) is 0.600. The highest BCUT2D eigenvalue weighted by Gasteiger charge is 2.23. The first-order chi connectivity index (χ1) is 9.80. The number of benzene rings is 1. The van der Waals surface area contributed by atoms with Crippen LogP contribution < -0.4 is 20.7 Å². The van der Waals surface area contributed by atoms with Gasteiger partial charge >= 0.3 is 0 Å². The molecule has 3 N–H and O–H groups in total. The summed E-state index contributed by atoms with van der Waals surface area (Å²) in [6.45, 7) is 6.13. The van der Waals surface area contributed by atoms with Crippen molar-refractivity contribution in [2.75, 3.05) is 19.8 Å². The SMILES string of the molecule is CCOC(CC)C(NN)c1ccc2c(c1)OCCCO2. The van der Waals surface area contributed by atoms with Gasteiger partial charge in [0.05, 0.1) is 25.4 Å². The lowest BCUT2D eigenvalue weighted by Crippen LogP contribution is -2.37. The Bertz CT molecular complexity index is 426. The van der Waals surface area contributed by atoms with Crippen LogP contribution in [0.1, 0.15) is 38.3 Å². The second kappa shape index (κ2) is 7.47. The van der Waals surface area contributed by atoms with Gasteiger partial charge < -0.3 is 14.2 Å². The van der Waals surface area contributed by atoms with E-state index < -0.39 is 0 Å². The van der Waals surface area contributed by atoms with Crippen molar-refractivity contribution < 1.29 is 14.2 Å². The molecule has 112 valence electrons. The highest BCUT2D eigenvalue weighted by molar-refractivity contribution is 5.44. The summed E-state index contributed by atoms with van der Waals surface area (Å²) < 4.78 is 17.1. The molecule has 0 saturated carbocycles. The largest absolute Gasteiger partial charge is 0.490 e. The molecule has 0 spiro atoms. The number of nitrogens with two attached hydrogens (primary N) is 1. The van der Waals surface area contributed by atoms with E-state index in [-0.39, 0.29) is 12.1 Å². The third-order valence-electron chi connectivity index (χ3n) is 3.47. The van der Waals surface area contributed by atoms with E-state index in [2.05, 4.69) is 12.3 Å². The van der Waals surface area contributed by atoms with Gasteiger partial charge in [0.25, 0.3) is 0 Å². The number of ether oxygens (including phenoxy) is 3. The molecule has 1 aromatic carbocycles. The zero-order chi connectivity index (χ0) is 14.4. The molecule has 0 saturated heterocycles. The monoisotopic (exact) mass is 280 g/mol. The first-order valence-electron chi connectivity index (χ1n) is 7.27. The fourth-order valence-electron chi connectivity index (χ4n) is 2.46. The van der Waals surface area contributed by atoms with E-state index in [1.165, 1.54) is 0 Å². The molecule has 1 aliphatic rings. The number of hydrazine groups is 1. The van der Waals surface area contributed by atoms with Gasteiger partial charge in [-0.15, -0.1) is 0 Å². The second-order valence-corrected chi connectivity index (χ2v) is 4.80. The topological polar surface area (TPSA) is 65.7 Å². The standard InChI is InChI=1S/C15H24N2O3/c1-3-12(18-4-2)15(17-16)11-6-7-13-14(10-11)20-9-5-8-19-13/h6-7,10,12,15,17H,3-5,8-9,16H2,1-2H3. The van der Waals surface area contributed by atoms with Crippen LogP contribution in [-0.2, 0) is 4.74 Å². The molecule has 1 aromatic rings. The fourth-order valence-corrected chi connectivity index (χ4v) is 2.46. The molecule has 0 radical (unpaired) electrons. The molecule has 1 aliphatic heterocycles. The van der Waals surface area contributed by atoms with Crippen molar-refractivity contribution in [1.82, 2.24) is 5.43 Å². The Morgan fingerprint density at radius 2 is 2.00 bits per heavy atom. The van der Waals surface area contributed by atoms with Crippen molar-refractivity contribution in [1.29, 1.82) is 0 Å². The van der Waals surface area contributed by atoms with E-state index in [4.69, 9.17) is 20.1 Å². The molecule has 0 fully saturated rings. The highest BCUT2D eigenvalue weighted by atomic mass is 16.5. The van der Waals surface area contributed by atoms with Crippen molar-refractivity contribution in [2.24, 2.45) is 5.84 Å². The lowest BCUT2D eigenvalue weighted by atomic mass is 9.99. The average Bonchev–Trinajstić information content (AvgIpc) is 2.71. The molecule has 5 heteroatoms. The van der Waals surface area contributed by atoms with Gasteiger partial charge in [-0.2, -0.15) is 0 Å². The first kappa shape index (κ1) is 15.1. The maximum Gasteiger partial charge on any atom is 0.161 e. The van der Waals surface area contributed by atoms with Gasteiger partial charge in [0.2, 0.25) is 0 Å². The highest BCUT2D eigenvalue weighted by Crippen LogP contribution is 2.33. The Hall–Kier alpha value is -1.30. The van der Waals surface area contributed by atoms with Gasteiger partial charge in [0.1, 0.15) is 0 Å². The maximum absolute atomic E-state index is 5.75. The molecule has 2 atom stereocenters. The lowest BCUT2D eigenvalue weighted by Gasteiger charge is -2.26. The minimum atomic E-state index is -0.0582. The van der Waals surface area contributed by atoms with E-state index in [0.717, 1.165) is 29.9 Å². The molecular formula is C15H24N2O3. The maximum atomic E-state index is 5.75. The summed E-state index contributed by atoms with van der Waals surface area (Å²) in [6, 6.07) is 5.89. The average molecular weight is 280 g/mol. The quantitative estimate of drug-likeness (QED) is 0.617. The predicted octanol–water partition coefficient (Wildman–Crippen LogP) is 2.17. The molecule has 2 unspecified atom stereocenters. The van der Waals surface area contributed by atoms with Crippen LogP contribution in [-0.4, -0.2) is 25.9 Å². The lowest BCUT2D eigenvalue weighted by molar-refractivity contribution is 0.0313. The van der Waals surface area contributed by atoms with Crippen LogP contribution in [0, 0.1) is 0 Å². The summed E-state index contributed by atoms with van der Waals surface area (Å²) in [4.78, 5) is 0. The summed E-state index contributed by atoms with van der Waals surface area (Å²) in [7, 11) is 0. The van der Waals surface area contributed by atoms with Crippen LogP contribution >= 0.6 is 0 Å². The van der Waals surface area contributed by atoms with Crippen molar-refractivity contribution in [3.63, 3.8) is 0 Å². The number of fused-ring (bicyclic) bond motifs is 1. The van der Waals surface area contributed by atoms with Crippen molar-refractivity contribution >= 4 is 0 Å². The van der Waals surface area contributed by atoms with Crippen LogP contribution in [0.5, 0.6) is 11.5 Å². The zero-order valence-corrected chi connectivity index (χ0v) is 12.2. The van der Waals surface area contributed by atoms with Gasteiger partial charge in [-0.25, -0.2) is 0 Å². The van der Waals surface area contributed by atoms with Gasteiger partial charge in [0, 0.05) is 13.0 Å². The van der Waals surface area contributed by atoms with Crippen LogP contribution in [0.4, 0.5) is 0 Å². The second-order valence-electron chi connectivity index (χ2n) is 4.80. The minimum absolute atomic E-state index is 0.0368. The first-order valence-corrected chi connectivity index (χ1v) is 7.27. The van der Waals surface area contributed by atoms with Gasteiger partial charge in [-0.3, -0.25) is 11.3 Å². The van der Waals surface area contributed by atoms with Crippen LogP contribution in [0.15, 0.2) is 18.2 Å². The Morgan fingerprint density at radius 3 is 2.65 bits per heavy atom. The Morgan fingerprint density at radius 1 is 1.25 bits per heavy atom. The molecule has 1 heterocycles. The Kier molecular flexibility index (Phi) is 5.64. The summed E-state index contributed by atoms with van der Waals surface area (Å²) in [5.41, 5.74) is 3.91. The van der Waals surface area contributed by atoms with Crippen LogP contribution in [0.2, 0.25) is 0 Å². The summed E-state index contributed by atoms with van der Waals surface area (Å²) in [6.07, 6.45) is 1.82. The molecule has 2 rings (SSSR count).